The van der Waals surface area contributed by atoms with E-state index < -0.39 is 18.1 Å². The fourth-order valence-electron chi connectivity index (χ4n) is 2.45. The Hall–Kier alpha value is -3.61. The average molecular weight is 412 g/mol. The van der Waals surface area contributed by atoms with Crippen LogP contribution in [0.3, 0.4) is 0 Å². The molecule has 0 unspecified atom stereocenters. The number of hydrogen-bond acceptors (Lipinski definition) is 7. The molecule has 0 aliphatic rings. The van der Waals surface area contributed by atoms with Gasteiger partial charge >= 0.3 is 18.1 Å². The van der Waals surface area contributed by atoms with Gasteiger partial charge in [0.25, 0.3) is 0 Å². The molecule has 0 radical (unpaired) electrons. The van der Waals surface area contributed by atoms with E-state index >= 15 is 0 Å². The average Bonchev–Trinajstić information content (AvgIpc) is 2.72. The van der Waals surface area contributed by atoms with Gasteiger partial charge in [0.05, 0.1) is 18.8 Å². The molecule has 0 amide bonds. The molecular formula is C23H24O7. The molecule has 2 aromatic rings. The fraction of sp³-hybridized carbons (Fsp3) is 0.261. The van der Waals surface area contributed by atoms with Crippen molar-refractivity contribution >= 4 is 18.1 Å². The van der Waals surface area contributed by atoms with E-state index in [1.807, 2.05) is 26.0 Å². The topological polar surface area (TPSA) is 88.1 Å². The quantitative estimate of drug-likeness (QED) is 0.196. The largest absolute Gasteiger partial charge is 0.513 e. The summed E-state index contributed by atoms with van der Waals surface area (Å²) in [5.41, 5.74) is 2.27. The predicted molar refractivity (Wildman–Crippen MR) is 110 cm³/mol. The van der Waals surface area contributed by atoms with E-state index in [-0.39, 0.29) is 19.0 Å². The van der Waals surface area contributed by atoms with Crippen LogP contribution >= 0.6 is 0 Å². The number of carbonyl (C=O) groups excluding carboxylic acids is 3. The van der Waals surface area contributed by atoms with E-state index in [4.69, 9.17) is 18.9 Å². The summed E-state index contributed by atoms with van der Waals surface area (Å²) < 4.78 is 20.2. The number of carbonyl (C=O) groups is 3. The van der Waals surface area contributed by atoms with Crippen molar-refractivity contribution in [1.82, 2.24) is 0 Å². The van der Waals surface area contributed by atoms with Gasteiger partial charge in [-0.1, -0.05) is 24.3 Å². The Balaban J connectivity index is 1.75. The summed E-state index contributed by atoms with van der Waals surface area (Å²) in [5, 5.41) is 0. The maximum atomic E-state index is 12.3. The molecule has 0 saturated carbocycles. The lowest BCUT2D eigenvalue weighted by Crippen LogP contribution is -2.13. The standard InChI is InChI=1S/C23H24O7/c1-4-21(24)27-13-5-6-14-28-23(26)29-19-10-8-18(9-11-19)22(25)30-20-12-7-16(2)15-17(20)3/h4,7-12,15H,1,5-6,13-14H2,2-3H3. The van der Waals surface area contributed by atoms with Crippen LogP contribution in [0.5, 0.6) is 11.5 Å². The van der Waals surface area contributed by atoms with Crippen molar-refractivity contribution in [1.29, 1.82) is 0 Å². The van der Waals surface area contributed by atoms with Crippen molar-refractivity contribution in [2.75, 3.05) is 13.2 Å². The van der Waals surface area contributed by atoms with Crippen LogP contribution in [0.15, 0.2) is 55.1 Å². The third kappa shape index (κ3) is 7.43. The number of hydrogen-bond donors (Lipinski definition) is 0. The lowest BCUT2D eigenvalue weighted by Gasteiger charge is -2.09. The van der Waals surface area contributed by atoms with E-state index in [2.05, 4.69) is 6.58 Å². The van der Waals surface area contributed by atoms with E-state index in [9.17, 15) is 14.4 Å². The molecule has 0 aliphatic heterocycles. The molecule has 0 fully saturated rings. The van der Waals surface area contributed by atoms with Crippen LogP contribution < -0.4 is 9.47 Å². The number of aryl methyl sites for hydroxylation is 2. The van der Waals surface area contributed by atoms with Crippen LogP contribution in [0.2, 0.25) is 0 Å². The molecule has 0 saturated heterocycles. The molecule has 7 nitrogen and oxygen atoms in total. The Bertz CT molecular complexity index is 900. The van der Waals surface area contributed by atoms with Crippen molar-refractivity contribution < 1.29 is 33.3 Å². The van der Waals surface area contributed by atoms with E-state index in [1.54, 1.807) is 6.07 Å². The number of unbranched alkanes of at least 4 members (excludes halogenated alkanes) is 1. The third-order valence-electron chi connectivity index (χ3n) is 3.99. The SMILES string of the molecule is C=CC(=O)OCCCCOC(=O)Oc1ccc(C(=O)Oc2ccc(C)cc2C)cc1. The third-order valence-corrected chi connectivity index (χ3v) is 3.99. The highest BCUT2D eigenvalue weighted by Gasteiger charge is 2.12. The number of esters is 2. The van der Waals surface area contributed by atoms with Crippen molar-refractivity contribution in [3.8, 4) is 11.5 Å². The molecule has 0 bridgehead atoms. The summed E-state index contributed by atoms with van der Waals surface area (Å²) in [6.07, 6.45) is 1.29. The Morgan fingerprint density at radius 1 is 0.900 bits per heavy atom. The van der Waals surface area contributed by atoms with Gasteiger partial charge in [-0.25, -0.2) is 14.4 Å². The van der Waals surface area contributed by atoms with Crippen LogP contribution in [-0.2, 0) is 14.3 Å². The molecule has 0 atom stereocenters. The van der Waals surface area contributed by atoms with Crippen LogP contribution in [-0.4, -0.2) is 31.3 Å². The minimum absolute atomic E-state index is 0.130. The zero-order valence-electron chi connectivity index (χ0n) is 17.0. The summed E-state index contributed by atoms with van der Waals surface area (Å²) in [4.78, 5) is 34.8. The molecule has 158 valence electrons. The van der Waals surface area contributed by atoms with Gasteiger partial charge in [-0.05, 0) is 62.6 Å². The van der Waals surface area contributed by atoms with Crippen molar-refractivity contribution in [3.05, 3.63) is 71.8 Å². The van der Waals surface area contributed by atoms with Gasteiger partial charge in [0.2, 0.25) is 0 Å². The fourth-order valence-corrected chi connectivity index (χ4v) is 2.45. The second-order valence-corrected chi connectivity index (χ2v) is 6.46. The van der Waals surface area contributed by atoms with Crippen LogP contribution in [0, 0.1) is 13.8 Å². The zero-order valence-corrected chi connectivity index (χ0v) is 17.0. The molecule has 0 aliphatic carbocycles. The molecule has 0 aromatic heterocycles. The zero-order chi connectivity index (χ0) is 21.9. The Morgan fingerprint density at radius 3 is 2.20 bits per heavy atom. The molecule has 2 rings (SSSR count). The van der Waals surface area contributed by atoms with Crippen molar-refractivity contribution in [2.45, 2.75) is 26.7 Å². The molecule has 0 heterocycles. The molecule has 30 heavy (non-hydrogen) atoms. The molecule has 2 aromatic carbocycles. The lowest BCUT2D eigenvalue weighted by atomic mass is 10.1. The van der Waals surface area contributed by atoms with Crippen LogP contribution in [0.1, 0.15) is 34.3 Å². The number of benzene rings is 2. The first-order chi connectivity index (χ1) is 14.4. The minimum Gasteiger partial charge on any atom is -0.463 e. The van der Waals surface area contributed by atoms with Gasteiger partial charge in [0, 0.05) is 6.08 Å². The van der Waals surface area contributed by atoms with Gasteiger partial charge in [0.15, 0.2) is 0 Å². The normalized spacial score (nSPS) is 10.1. The van der Waals surface area contributed by atoms with E-state index in [0.29, 0.717) is 24.2 Å². The van der Waals surface area contributed by atoms with E-state index in [0.717, 1.165) is 17.2 Å². The van der Waals surface area contributed by atoms with Crippen molar-refractivity contribution in [2.24, 2.45) is 0 Å². The first-order valence-corrected chi connectivity index (χ1v) is 9.42. The maximum absolute atomic E-state index is 12.3. The van der Waals surface area contributed by atoms with Gasteiger partial charge in [-0.15, -0.1) is 0 Å². The summed E-state index contributed by atoms with van der Waals surface area (Å²) in [6.45, 7) is 7.48. The second-order valence-electron chi connectivity index (χ2n) is 6.46. The summed E-state index contributed by atoms with van der Waals surface area (Å²) in [7, 11) is 0. The molecule has 0 spiro atoms. The van der Waals surface area contributed by atoms with E-state index in [1.165, 1.54) is 24.3 Å². The summed E-state index contributed by atoms with van der Waals surface area (Å²) in [6, 6.07) is 11.5. The highest BCUT2D eigenvalue weighted by atomic mass is 16.7. The number of rotatable bonds is 9. The molecular weight excluding hydrogens is 388 g/mol. The lowest BCUT2D eigenvalue weighted by molar-refractivity contribution is -0.137. The first-order valence-electron chi connectivity index (χ1n) is 9.42. The predicted octanol–water partition coefficient (Wildman–Crippen LogP) is 4.55. The van der Waals surface area contributed by atoms with Gasteiger partial charge < -0.3 is 18.9 Å². The summed E-state index contributed by atoms with van der Waals surface area (Å²) >= 11 is 0. The molecule has 0 N–H and O–H groups in total. The Kier molecular flexibility index (Phi) is 8.62. The maximum Gasteiger partial charge on any atom is 0.513 e. The number of ether oxygens (including phenoxy) is 4. The van der Waals surface area contributed by atoms with Gasteiger partial charge in [-0.3, -0.25) is 0 Å². The minimum atomic E-state index is -0.858. The van der Waals surface area contributed by atoms with Crippen molar-refractivity contribution in [3.63, 3.8) is 0 Å². The highest BCUT2D eigenvalue weighted by molar-refractivity contribution is 5.91. The highest BCUT2D eigenvalue weighted by Crippen LogP contribution is 2.21. The van der Waals surface area contributed by atoms with Crippen LogP contribution in [0.4, 0.5) is 4.79 Å². The van der Waals surface area contributed by atoms with Crippen LogP contribution in [0.25, 0.3) is 0 Å². The molecule has 7 heteroatoms. The van der Waals surface area contributed by atoms with Gasteiger partial charge in [-0.2, -0.15) is 0 Å². The Labute approximate surface area is 175 Å². The smallest absolute Gasteiger partial charge is 0.463 e. The monoisotopic (exact) mass is 412 g/mol. The second kappa shape index (κ2) is 11.4. The Morgan fingerprint density at radius 2 is 1.57 bits per heavy atom. The van der Waals surface area contributed by atoms with Gasteiger partial charge in [0.1, 0.15) is 11.5 Å². The summed E-state index contributed by atoms with van der Waals surface area (Å²) in [5.74, 6) is -0.262. The first kappa shape index (κ1) is 22.7.